The molecule has 2 saturated heterocycles. The normalized spacial score (nSPS) is 31.1. The third-order valence-electron chi connectivity index (χ3n) is 2.52. The Morgan fingerprint density at radius 3 is 2.92 bits per heavy atom. The second-order valence-corrected chi connectivity index (χ2v) is 4.97. The molecule has 3 nitrogen and oxygen atoms in total. The molecule has 2 aliphatic rings. The van der Waals surface area contributed by atoms with Crippen LogP contribution < -0.4 is 17.7 Å². The van der Waals surface area contributed by atoms with Crippen molar-refractivity contribution in [1.29, 1.82) is 0 Å². The van der Waals surface area contributed by atoms with E-state index in [0.29, 0.717) is 17.0 Å². The van der Waals surface area contributed by atoms with Crippen LogP contribution in [0, 0.1) is 0 Å². The molecule has 1 amide bonds. The number of nitrogens with zero attached hydrogens (tertiary/aromatic N) is 1. The first-order chi connectivity index (χ1) is 5.61. The van der Waals surface area contributed by atoms with E-state index >= 15 is 0 Å². The van der Waals surface area contributed by atoms with Crippen molar-refractivity contribution in [3.05, 3.63) is 0 Å². The zero-order valence-corrected chi connectivity index (χ0v) is 9.41. The largest absolute Gasteiger partial charge is 1.00 e. The highest BCUT2D eigenvalue weighted by molar-refractivity contribution is 8.01. The molecule has 0 radical (unpaired) electrons. The molecule has 0 aromatic heterocycles. The number of thioether (sulfide) groups is 1. The van der Waals surface area contributed by atoms with E-state index in [1.54, 1.807) is 11.8 Å². The number of hydrogen-bond acceptors (Lipinski definition) is 3. The molecular formula is C8H14ClN2OS-. The fourth-order valence-corrected chi connectivity index (χ4v) is 3.25. The SMILES string of the molecule is CC1(C)NCCN2C(=O)CSC21.[Cl-]. The van der Waals surface area contributed by atoms with Gasteiger partial charge in [-0.25, -0.2) is 0 Å². The van der Waals surface area contributed by atoms with E-state index in [-0.39, 0.29) is 17.9 Å². The summed E-state index contributed by atoms with van der Waals surface area (Å²) in [5.41, 5.74) is 0.0784. The number of piperazine rings is 1. The third kappa shape index (κ3) is 1.80. The molecule has 13 heavy (non-hydrogen) atoms. The number of carbonyl (C=O) groups is 1. The van der Waals surface area contributed by atoms with Crippen molar-refractivity contribution < 1.29 is 17.2 Å². The van der Waals surface area contributed by atoms with E-state index in [2.05, 4.69) is 19.2 Å². The maximum absolute atomic E-state index is 11.4. The molecule has 76 valence electrons. The maximum atomic E-state index is 11.4. The predicted molar refractivity (Wildman–Crippen MR) is 50.0 cm³/mol. The van der Waals surface area contributed by atoms with Gasteiger partial charge in [-0.05, 0) is 13.8 Å². The van der Waals surface area contributed by atoms with E-state index < -0.39 is 0 Å². The summed E-state index contributed by atoms with van der Waals surface area (Å²) in [5, 5.41) is 3.78. The summed E-state index contributed by atoms with van der Waals surface area (Å²) in [6.07, 6.45) is 0. The summed E-state index contributed by atoms with van der Waals surface area (Å²) >= 11 is 1.76. The highest BCUT2D eigenvalue weighted by atomic mass is 35.5. The lowest BCUT2D eigenvalue weighted by Gasteiger charge is -2.42. The third-order valence-corrected chi connectivity index (χ3v) is 4.09. The number of amides is 1. The molecule has 0 spiro atoms. The average molecular weight is 222 g/mol. The number of nitrogens with one attached hydrogen (secondary N) is 1. The number of rotatable bonds is 0. The summed E-state index contributed by atoms with van der Waals surface area (Å²) in [4.78, 5) is 13.4. The van der Waals surface area contributed by atoms with Gasteiger partial charge in [-0.15, -0.1) is 11.8 Å². The molecule has 1 N–H and O–H groups in total. The molecule has 1 atom stereocenters. The van der Waals surface area contributed by atoms with Gasteiger partial charge in [0.15, 0.2) is 0 Å². The van der Waals surface area contributed by atoms with Crippen molar-refractivity contribution in [2.24, 2.45) is 0 Å². The minimum Gasteiger partial charge on any atom is -1.00 e. The first-order valence-corrected chi connectivity index (χ1v) is 5.32. The predicted octanol–water partition coefficient (Wildman–Crippen LogP) is -2.73. The van der Waals surface area contributed by atoms with Gasteiger partial charge in [0, 0.05) is 18.6 Å². The minimum atomic E-state index is 0. The van der Waals surface area contributed by atoms with Crippen molar-refractivity contribution in [3.63, 3.8) is 0 Å². The highest BCUT2D eigenvalue weighted by Crippen LogP contribution is 2.34. The van der Waals surface area contributed by atoms with Crippen LogP contribution in [0.3, 0.4) is 0 Å². The van der Waals surface area contributed by atoms with Gasteiger partial charge in [0.1, 0.15) is 0 Å². The Morgan fingerprint density at radius 2 is 2.31 bits per heavy atom. The van der Waals surface area contributed by atoms with Crippen LogP contribution in [0.25, 0.3) is 0 Å². The van der Waals surface area contributed by atoms with Gasteiger partial charge in [0.25, 0.3) is 0 Å². The average Bonchev–Trinajstić information content (AvgIpc) is 2.33. The second-order valence-electron chi connectivity index (χ2n) is 3.90. The maximum Gasteiger partial charge on any atom is 0.233 e. The van der Waals surface area contributed by atoms with Crippen LogP contribution in [0.2, 0.25) is 0 Å². The van der Waals surface area contributed by atoms with E-state index in [4.69, 9.17) is 0 Å². The summed E-state index contributed by atoms with van der Waals surface area (Å²) in [5.74, 6) is 0.968. The molecule has 0 aromatic rings. The molecule has 2 fully saturated rings. The van der Waals surface area contributed by atoms with Gasteiger partial charge in [-0.3, -0.25) is 4.79 Å². The molecule has 0 saturated carbocycles. The van der Waals surface area contributed by atoms with Gasteiger partial charge >= 0.3 is 0 Å². The molecule has 2 aliphatic heterocycles. The Labute approximate surface area is 89.0 Å². The topological polar surface area (TPSA) is 32.3 Å². The zero-order chi connectivity index (χ0) is 8.77. The Kier molecular flexibility index (Phi) is 3.15. The summed E-state index contributed by atoms with van der Waals surface area (Å²) in [6.45, 7) is 6.13. The van der Waals surface area contributed by atoms with Crippen LogP contribution in [-0.4, -0.2) is 40.6 Å². The fraction of sp³-hybridized carbons (Fsp3) is 0.875. The Morgan fingerprint density at radius 1 is 1.62 bits per heavy atom. The van der Waals surface area contributed by atoms with Crippen molar-refractivity contribution in [2.45, 2.75) is 24.8 Å². The lowest BCUT2D eigenvalue weighted by Crippen LogP contribution is -3.00. The van der Waals surface area contributed by atoms with E-state index in [0.717, 1.165) is 13.1 Å². The van der Waals surface area contributed by atoms with Gasteiger partial charge in [-0.2, -0.15) is 0 Å². The number of carbonyl (C=O) groups excluding carboxylic acids is 1. The van der Waals surface area contributed by atoms with Gasteiger partial charge < -0.3 is 22.6 Å². The first kappa shape index (κ1) is 11.1. The van der Waals surface area contributed by atoms with E-state index in [1.807, 2.05) is 4.90 Å². The van der Waals surface area contributed by atoms with Crippen molar-refractivity contribution in [1.82, 2.24) is 10.2 Å². The van der Waals surface area contributed by atoms with Gasteiger partial charge in [0.2, 0.25) is 5.91 Å². The molecule has 0 aliphatic carbocycles. The minimum absolute atomic E-state index is 0. The molecule has 0 aromatic carbocycles. The van der Waals surface area contributed by atoms with Crippen LogP contribution in [0.15, 0.2) is 0 Å². The number of fused-ring (bicyclic) bond motifs is 1. The van der Waals surface area contributed by atoms with Crippen molar-refractivity contribution in [2.75, 3.05) is 18.8 Å². The molecule has 1 unspecified atom stereocenters. The first-order valence-electron chi connectivity index (χ1n) is 4.27. The van der Waals surface area contributed by atoms with Crippen LogP contribution in [0.4, 0.5) is 0 Å². The monoisotopic (exact) mass is 221 g/mol. The summed E-state index contributed by atoms with van der Waals surface area (Å²) in [6, 6.07) is 0. The lowest BCUT2D eigenvalue weighted by atomic mass is 10.0. The van der Waals surface area contributed by atoms with Crippen LogP contribution in [0.5, 0.6) is 0 Å². The summed E-state index contributed by atoms with van der Waals surface area (Å²) in [7, 11) is 0. The van der Waals surface area contributed by atoms with E-state index in [9.17, 15) is 4.79 Å². The summed E-state index contributed by atoms with van der Waals surface area (Å²) < 4.78 is 0. The van der Waals surface area contributed by atoms with Crippen LogP contribution in [-0.2, 0) is 4.79 Å². The highest BCUT2D eigenvalue weighted by Gasteiger charge is 2.44. The molecule has 2 rings (SSSR count). The van der Waals surface area contributed by atoms with Crippen LogP contribution >= 0.6 is 11.8 Å². The zero-order valence-electron chi connectivity index (χ0n) is 7.84. The second kappa shape index (κ2) is 3.67. The lowest BCUT2D eigenvalue weighted by molar-refractivity contribution is -0.129. The quantitative estimate of drug-likeness (QED) is 0.483. The Bertz CT molecular complexity index is 222. The van der Waals surface area contributed by atoms with Crippen LogP contribution in [0.1, 0.15) is 13.8 Å². The van der Waals surface area contributed by atoms with Crippen molar-refractivity contribution >= 4 is 17.7 Å². The standard InChI is InChI=1S/C8H14N2OS.ClH/c1-8(2)7-10(4-3-9-8)6(11)5-12-7;/h7,9H,3-5H2,1-2H3;1H/p-1. The van der Waals surface area contributed by atoms with E-state index in [1.165, 1.54) is 0 Å². The molecular weight excluding hydrogens is 208 g/mol. The van der Waals surface area contributed by atoms with Gasteiger partial charge in [-0.1, -0.05) is 0 Å². The molecule has 5 heteroatoms. The molecule has 0 bridgehead atoms. The Hall–Kier alpha value is 0.0700. The number of hydrogen-bond donors (Lipinski definition) is 1. The molecule has 2 heterocycles. The Balaban J connectivity index is 0.000000845. The van der Waals surface area contributed by atoms with Crippen molar-refractivity contribution in [3.8, 4) is 0 Å². The van der Waals surface area contributed by atoms with Gasteiger partial charge in [0.05, 0.1) is 11.1 Å². The number of halogens is 1. The smallest absolute Gasteiger partial charge is 0.233 e. The fourth-order valence-electron chi connectivity index (χ4n) is 1.88.